The first-order valence-electron chi connectivity index (χ1n) is 17.3. The summed E-state index contributed by atoms with van der Waals surface area (Å²) in [7, 11) is 0. The lowest BCUT2D eigenvalue weighted by Gasteiger charge is -2.13. The molecule has 5 nitrogen and oxygen atoms in total. The van der Waals surface area contributed by atoms with Gasteiger partial charge in [-0.25, -0.2) is 15.0 Å². The Bertz CT molecular complexity index is 3310. The number of rotatable bonds is 4. The van der Waals surface area contributed by atoms with Crippen molar-refractivity contribution in [3.05, 3.63) is 157 Å². The number of para-hydroxylation sites is 2. The van der Waals surface area contributed by atoms with Crippen molar-refractivity contribution in [3.63, 3.8) is 0 Å². The maximum absolute atomic E-state index is 9.66. The van der Waals surface area contributed by atoms with E-state index in [-0.39, 0.29) is 0 Å². The number of hydrogen-bond donors (Lipinski definition) is 0. The Balaban J connectivity index is 1.23. The van der Waals surface area contributed by atoms with Gasteiger partial charge in [0.1, 0.15) is 0 Å². The summed E-state index contributed by atoms with van der Waals surface area (Å²) in [6.07, 6.45) is 0. The lowest BCUT2D eigenvalue weighted by molar-refractivity contribution is 1.07. The molecule has 0 saturated carbocycles. The van der Waals surface area contributed by atoms with Crippen molar-refractivity contribution in [1.82, 2.24) is 19.5 Å². The minimum Gasteiger partial charge on any atom is -0.307 e. The van der Waals surface area contributed by atoms with Gasteiger partial charge in [0.15, 0.2) is 17.5 Å². The number of fused-ring (bicyclic) bond motifs is 9. The number of benzene rings is 7. The first-order valence-corrected chi connectivity index (χ1v) is 19.0. The van der Waals surface area contributed by atoms with Crippen LogP contribution in [-0.4, -0.2) is 19.5 Å². The minimum absolute atomic E-state index is 0.615. The SMILES string of the molecule is N#Cc1ccc2c(c1)sc1c(-n3c4ccccc4c4cccc(-c5nc(-c6ccccc6)nc(-c6cccc7c6sc6ccccc67)n5)c43)cccc12. The average Bonchev–Trinajstić information content (AvgIpc) is 3.90. The number of hydrogen-bond acceptors (Lipinski definition) is 6. The normalized spacial score (nSPS) is 11.8. The molecule has 11 rings (SSSR count). The Kier molecular flexibility index (Phi) is 6.59. The standard InChI is InChI=1S/C46H25N5S2/c47-26-27-23-24-31-34-17-10-21-38(43(34)53-40(31)25-27)51-37-20-6-4-13-29(37)32-15-8-18-35(41(32)51)45-48-44(28-11-2-1-3-12-28)49-46(50-45)36-19-9-16-33-30-14-5-7-22-39(30)52-42(33)36/h1-25H. The van der Waals surface area contributed by atoms with Gasteiger partial charge in [-0.1, -0.05) is 109 Å². The van der Waals surface area contributed by atoms with Gasteiger partial charge in [0.2, 0.25) is 0 Å². The molecule has 0 aliphatic heterocycles. The zero-order valence-electron chi connectivity index (χ0n) is 28.0. The molecule has 7 heteroatoms. The zero-order valence-corrected chi connectivity index (χ0v) is 29.6. The molecular weight excluding hydrogens is 687 g/mol. The molecule has 11 aromatic rings. The van der Waals surface area contributed by atoms with Crippen molar-refractivity contribution in [1.29, 1.82) is 5.26 Å². The molecular formula is C46H25N5S2. The lowest BCUT2D eigenvalue weighted by Crippen LogP contribution is -2.02. The van der Waals surface area contributed by atoms with Crippen LogP contribution in [0, 0.1) is 11.3 Å². The van der Waals surface area contributed by atoms with Crippen LogP contribution in [0.25, 0.3) is 102 Å². The van der Waals surface area contributed by atoms with E-state index in [9.17, 15) is 5.26 Å². The molecule has 0 spiro atoms. The molecule has 0 bridgehead atoms. The van der Waals surface area contributed by atoms with E-state index < -0.39 is 0 Å². The fourth-order valence-corrected chi connectivity index (χ4v) is 10.2. The van der Waals surface area contributed by atoms with Crippen molar-refractivity contribution in [3.8, 4) is 45.9 Å². The van der Waals surface area contributed by atoms with Crippen LogP contribution in [-0.2, 0) is 0 Å². The van der Waals surface area contributed by atoms with E-state index >= 15 is 0 Å². The van der Waals surface area contributed by atoms with Crippen molar-refractivity contribution in [2.75, 3.05) is 0 Å². The molecule has 0 aliphatic rings. The van der Waals surface area contributed by atoms with Crippen LogP contribution in [0.3, 0.4) is 0 Å². The second-order valence-corrected chi connectivity index (χ2v) is 15.2. The van der Waals surface area contributed by atoms with Gasteiger partial charge >= 0.3 is 0 Å². The monoisotopic (exact) mass is 711 g/mol. The van der Waals surface area contributed by atoms with Crippen LogP contribution < -0.4 is 0 Å². The van der Waals surface area contributed by atoms with E-state index in [4.69, 9.17) is 15.0 Å². The molecule has 53 heavy (non-hydrogen) atoms. The third kappa shape index (κ3) is 4.57. The highest BCUT2D eigenvalue weighted by Gasteiger charge is 2.22. The Morgan fingerprint density at radius 3 is 1.94 bits per heavy atom. The van der Waals surface area contributed by atoms with Crippen LogP contribution in [0.15, 0.2) is 152 Å². The highest BCUT2D eigenvalue weighted by Crippen LogP contribution is 2.44. The van der Waals surface area contributed by atoms with Crippen LogP contribution in [0.2, 0.25) is 0 Å². The molecule has 0 amide bonds. The second-order valence-electron chi connectivity index (χ2n) is 13.1. The second kappa shape index (κ2) is 11.7. The van der Waals surface area contributed by atoms with E-state index in [1.54, 1.807) is 22.7 Å². The van der Waals surface area contributed by atoms with Gasteiger partial charge in [-0.3, -0.25) is 0 Å². The fourth-order valence-electron chi connectivity index (χ4n) is 7.73. The van der Waals surface area contributed by atoms with E-state index in [0.717, 1.165) is 63.7 Å². The maximum Gasteiger partial charge on any atom is 0.166 e. The fraction of sp³-hybridized carbons (Fsp3) is 0. The quantitative estimate of drug-likeness (QED) is 0.182. The molecule has 4 aromatic heterocycles. The Labute approximate surface area is 311 Å². The maximum atomic E-state index is 9.66. The highest BCUT2D eigenvalue weighted by atomic mass is 32.1. The summed E-state index contributed by atoms with van der Waals surface area (Å²) in [6, 6.07) is 54.9. The highest BCUT2D eigenvalue weighted by molar-refractivity contribution is 7.26. The van der Waals surface area contributed by atoms with Crippen molar-refractivity contribution in [2.24, 2.45) is 0 Å². The Morgan fingerprint density at radius 2 is 1.09 bits per heavy atom. The summed E-state index contributed by atoms with van der Waals surface area (Å²) in [4.78, 5) is 15.7. The van der Waals surface area contributed by atoms with Gasteiger partial charge in [-0.05, 0) is 42.5 Å². The predicted molar refractivity (Wildman–Crippen MR) is 221 cm³/mol. The molecule has 0 fully saturated rings. The van der Waals surface area contributed by atoms with Crippen LogP contribution in [0.1, 0.15) is 5.56 Å². The summed E-state index contributed by atoms with van der Waals surface area (Å²) >= 11 is 3.50. The molecule has 7 aromatic carbocycles. The van der Waals surface area contributed by atoms with Crippen molar-refractivity contribution < 1.29 is 0 Å². The van der Waals surface area contributed by atoms with E-state index in [1.165, 1.54) is 20.9 Å². The molecule has 0 radical (unpaired) electrons. The van der Waals surface area contributed by atoms with Crippen LogP contribution in [0.5, 0.6) is 0 Å². The topological polar surface area (TPSA) is 67.4 Å². The molecule has 0 unspecified atom stereocenters. The third-order valence-electron chi connectivity index (χ3n) is 10.1. The van der Waals surface area contributed by atoms with Gasteiger partial charge in [0, 0.05) is 63.1 Å². The van der Waals surface area contributed by atoms with Crippen LogP contribution in [0.4, 0.5) is 0 Å². The Morgan fingerprint density at radius 1 is 0.472 bits per heavy atom. The molecule has 0 N–H and O–H groups in total. The molecule has 0 atom stereocenters. The molecule has 4 heterocycles. The number of aromatic nitrogens is 4. The summed E-state index contributed by atoms with van der Waals surface area (Å²) in [5.41, 5.74) is 6.72. The van der Waals surface area contributed by atoms with E-state index in [1.807, 2.05) is 30.3 Å². The number of thiophene rings is 2. The van der Waals surface area contributed by atoms with Crippen LogP contribution >= 0.6 is 22.7 Å². The minimum atomic E-state index is 0.615. The smallest absolute Gasteiger partial charge is 0.166 e. The van der Waals surface area contributed by atoms with Gasteiger partial charge in [-0.2, -0.15) is 5.26 Å². The average molecular weight is 712 g/mol. The summed E-state index contributed by atoms with van der Waals surface area (Å²) in [5.74, 6) is 1.89. The summed E-state index contributed by atoms with van der Waals surface area (Å²) in [6.45, 7) is 0. The summed E-state index contributed by atoms with van der Waals surface area (Å²) in [5, 5.41) is 16.7. The predicted octanol–water partition coefficient (Wildman–Crippen LogP) is 12.6. The summed E-state index contributed by atoms with van der Waals surface area (Å²) < 4.78 is 7.03. The molecule has 246 valence electrons. The van der Waals surface area contributed by atoms with Crippen molar-refractivity contribution >= 4 is 84.8 Å². The van der Waals surface area contributed by atoms with E-state index in [0.29, 0.717) is 23.0 Å². The lowest BCUT2D eigenvalue weighted by atomic mass is 10.1. The first kappa shape index (κ1) is 30.0. The Hall–Kier alpha value is -6.72. The van der Waals surface area contributed by atoms with Crippen molar-refractivity contribution in [2.45, 2.75) is 0 Å². The van der Waals surface area contributed by atoms with Gasteiger partial charge in [0.05, 0.1) is 33.1 Å². The van der Waals surface area contributed by atoms with Gasteiger partial charge in [-0.15, -0.1) is 22.7 Å². The van der Waals surface area contributed by atoms with Gasteiger partial charge < -0.3 is 4.57 Å². The van der Waals surface area contributed by atoms with E-state index in [2.05, 4.69) is 132 Å². The van der Waals surface area contributed by atoms with Gasteiger partial charge in [0.25, 0.3) is 0 Å². The number of nitrogens with zero attached hydrogens (tertiary/aromatic N) is 5. The zero-order chi connectivity index (χ0) is 35.0. The number of nitriles is 1. The third-order valence-corrected chi connectivity index (χ3v) is 12.5. The largest absolute Gasteiger partial charge is 0.307 e. The molecule has 0 aliphatic carbocycles. The molecule has 0 saturated heterocycles. The first-order chi connectivity index (χ1) is 26.2.